The van der Waals surface area contributed by atoms with Crippen molar-refractivity contribution in [3.05, 3.63) is 64.4 Å². The third kappa shape index (κ3) is 2.52. The molecule has 3 heterocycles. The van der Waals surface area contributed by atoms with Crippen LogP contribution in [0.4, 0.5) is 8.78 Å². The number of benzene rings is 1. The Labute approximate surface area is 151 Å². The average molecular weight is 406 g/mol. The molecule has 0 bridgehead atoms. The zero-order valence-corrected chi connectivity index (χ0v) is 14.6. The second kappa shape index (κ2) is 5.59. The van der Waals surface area contributed by atoms with Gasteiger partial charge in [0, 0.05) is 16.9 Å². The number of aromatic nitrogens is 1. The number of nitrogens with zero attached hydrogens (tertiary/aromatic N) is 4. The Balaban J connectivity index is 1.99. The molecule has 2 aliphatic heterocycles. The molecule has 5 nitrogen and oxygen atoms in total. The van der Waals surface area contributed by atoms with Crippen molar-refractivity contribution >= 4 is 27.7 Å². The van der Waals surface area contributed by atoms with Crippen molar-refractivity contribution in [2.75, 3.05) is 13.1 Å². The molecule has 0 saturated heterocycles. The van der Waals surface area contributed by atoms with Gasteiger partial charge in [-0.15, -0.1) is 0 Å². The highest BCUT2D eigenvalue weighted by Gasteiger charge is 2.53. The maximum absolute atomic E-state index is 13.9. The van der Waals surface area contributed by atoms with Gasteiger partial charge in [-0.2, -0.15) is 0 Å². The molecular weight excluding hydrogens is 392 g/mol. The monoisotopic (exact) mass is 405 g/mol. The van der Waals surface area contributed by atoms with Gasteiger partial charge >= 0.3 is 0 Å². The van der Waals surface area contributed by atoms with E-state index in [0.717, 1.165) is 15.6 Å². The Hall–Kier alpha value is -2.35. The lowest BCUT2D eigenvalue weighted by atomic mass is 9.82. The molecule has 2 aromatic rings. The number of hydrogen-bond donors (Lipinski definition) is 1. The summed E-state index contributed by atoms with van der Waals surface area (Å²) in [5.74, 6) is -2.48. The van der Waals surface area contributed by atoms with Crippen LogP contribution in [0.25, 0.3) is 0 Å². The molecule has 0 fully saturated rings. The van der Waals surface area contributed by atoms with Crippen molar-refractivity contribution in [1.29, 1.82) is 0 Å². The van der Waals surface area contributed by atoms with Gasteiger partial charge in [-0.1, -0.05) is 28.1 Å². The smallest absolute Gasteiger partial charge is 0.284 e. The highest BCUT2D eigenvalue weighted by Crippen LogP contribution is 2.43. The number of guanidine groups is 1. The van der Waals surface area contributed by atoms with Gasteiger partial charge < -0.3 is 5.73 Å². The minimum Gasteiger partial charge on any atom is -0.369 e. The van der Waals surface area contributed by atoms with Crippen molar-refractivity contribution in [3.8, 4) is 0 Å². The molecule has 0 unspecified atom stereocenters. The Morgan fingerprint density at radius 3 is 2.60 bits per heavy atom. The van der Waals surface area contributed by atoms with Crippen LogP contribution >= 0.6 is 15.9 Å². The number of fused-ring (bicyclic) bond motifs is 1. The maximum atomic E-state index is 13.9. The van der Waals surface area contributed by atoms with Gasteiger partial charge in [0.05, 0.1) is 6.54 Å². The zero-order valence-electron chi connectivity index (χ0n) is 13.0. The quantitative estimate of drug-likeness (QED) is 0.834. The number of rotatable bonds is 2. The van der Waals surface area contributed by atoms with E-state index in [-0.39, 0.29) is 5.96 Å². The molecule has 1 aromatic heterocycles. The Morgan fingerprint density at radius 1 is 1.12 bits per heavy atom. The number of alkyl halides is 2. The summed E-state index contributed by atoms with van der Waals surface area (Å²) in [6.07, 6.45) is 3.28. The molecule has 25 heavy (non-hydrogen) atoms. The van der Waals surface area contributed by atoms with Crippen LogP contribution in [-0.4, -0.2) is 40.7 Å². The van der Waals surface area contributed by atoms with Gasteiger partial charge in [0.15, 0.2) is 11.5 Å². The predicted molar refractivity (Wildman–Crippen MR) is 94.7 cm³/mol. The van der Waals surface area contributed by atoms with Crippen LogP contribution in [0.2, 0.25) is 0 Å². The van der Waals surface area contributed by atoms with E-state index in [4.69, 9.17) is 5.73 Å². The molecule has 0 amide bonds. The zero-order chi connectivity index (χ0) is 17.7. The normalized spacial score (nSPS) is 24.5. The summed E-state index contributed by atoms with van der Waals surface area (Å²) in [7, 11) is 0. The van der Waals surface area contributed by atoms with Crippen LogP contribution in [0.5, 0.6) is 0 Å². The van der Waals surface area contributed by atoms with Crippen LogP contribution in [0.3, 0.4) is 0 Å². The minimum atomic E-state index is -2.94. The summed E-state index contributed by atoms with van der Waals surface area (Å²) in [6, 6.07) is 11.2. The van der Waals surface area contributed by atoms with E-state index in [9.17, 15) is 8.78 Å². The summed E-state index contributed by atoms with van der Waals surface area (Å²) in [4.78, 5) is 14.2. The molecule has 4 rings (SSSR count). The molecule has 128 valence electrons. The van der Waals surface area contributed by atoms with E-state index >= 15 is 0 Å². The van der Waals surface area contributed by atoms with E-state index in [1.54, 1.807) is 24.5 Å². The fourth-order valence-corrected chi connectivity index (χ4v) is 3.67. The number of halogens is 3. The van der Waals surface area contributed by atoms with Crippen LogP contribution in [0, 0.1) is 0 Å². The van der Waals surface area contributed by atoms with E-state index in [0.29, 0.717) is 5.84 Å². The SMILES string of the molecule is NC1=N[C@](c2ccncc2)(c2cccc(Br)c2)C2=NCC(F)(F)CN12. The number of aliphatic imine (C=N–C) groups is 2. The molecule has 0 saturated carbocycles. The lowest BCUT2D eigenvalue weighted by molar-refractivity contribution is -0.00437. The maximum Gasteiger partial charge on any atom is 0.284 e. The van der Waals surface area contributed by atoms with E-state index < -0.39 is 24.6 Å². The fraction of sp³-hybridized carbons (Fsp3) is 0.235. The highest BCUT2D eigenvalue weighted by atomic mass is 79.9. The van der Waals surface area contributed by atoms with Gasteiger partial charge in [0.25, 0.3) is 5.92 Å². The lowest BCUT2D eigenvalue weighted by Gasteiger charge is -2.35. The standard InChI is InChI=1S/C17H14BrF2N5/c18-13-3-1-2-12(8-13)17(11-4-6-22-7-5-11)14-23-9-16(19,20)10-25(14)15(21)24-17/h1-8H,9-10H2,(H2,21,24)/t17-/m1/s1. The first kappa shape index (κ1) is 16.1. The van der Waals surface area contributed by atoms with Crippen LogP contribution < -0.4 is 5.73 Å². The third-order valence-electron chi connectivity index (χ3n) is 4.33. The molecule has 1 atom stereocenters. The van der Waals surface area contributed by atoms with Crippen molar-refractivity contribution in [1.82, 2.24) is 9.88 Å². The summed E-state index contributed by atoms with van der Waals surface area (Å²) in [5, 5.41) is 0. The average Bonchev–Trinajstić information content (AvgIpc) is 2.88. The summed E-state index contributed by atoms with van der Waals surface area (Å²) in [5.41, 5.74) is 6.54. The van der Waals surface area contributed by atoms with Crippen molar-refractivity contribution < 1.29 is 8.78 Å². The fourth-order valence-electron chi connectivity index (χ4n) is 3.27. The number of nitrogens with two attached hydrogens (primary N) is 1. The number of hydrogen-bond acceptors (Lipinski definition) is 5. The molecule has 0 radical (unpaired) electrons. The van der Waals surface area contributed by atoms with Gasteiger partial charge in [0.2, 0.25) is 0 Å². The van der Waals surface area contributed by atoms with E-state index in [2.05, 4.69) is 30.9 Å². The summed E-state index contributed by atoms with van der Waals surface area (Å²) >= 11 is 3.46. The number of pyridine rings is 1. The second-order valence-electron chi connectivity index (χ2n) is 6.01. The van der Waals surface area contributed by atoms with Crippen molar-refractivity contribution in [3.63, 3.8) is 0 Å². The van der Waals surface area contributed by atoms with Gasteiger partial charge in [0.1, 0.15) is 12.4 Å². The molecule has 1 aromatic carbocycles. The van der Waals surface area contributed by atoms with Gasteiger partial charge in [-0.25, -0.2) is 13.8 Å². The third-order valence-corrected chi connectivity index (χ3v) is 4.82. The number of amidine groups is 1. The molecule has 0 spiro atoms. The summed E-state index contributed by atoms with van der Waals surface area (Å²) < 4.78 is 28.6. The first-order valence-corrected chi connectivity index (χ1v) is 8.44. The van der Waals surface area contributed by atoms with Crippen molar-refractivity contribution in [2.24, 2.45) is 15.7 Å². The van der Waals surface area contributed by atoms with Gasteiger partial charge in [-0.05, 0) is 35.4 Å². The minimum absolute atomic E-state index is 0.0370. The van der Waals surface area contributed by atoms with Crippen LogP contribution in [-0.2, 0) is 5.54 Å². The Kier molecular flexibility index (Phi) is 3.61. The Bertz CT molecular complexity index is 884. The van der Waals surface area contributed by atoms with Gasteiger partial charge in [-0.3, -0.25) is 14.9 Å². The highest BCUT2D eigenvalue weighted by molar-refractivity contribution is 9.10. The Morgan fingerprint density at radius 2 is 1.88 bits per heavy atom. The van der Waals surface area contributed by atoms with Crippen molar-refractivity contribution in [2.45, 2.75) is 11.5 Å². The molecule has 2 aliphatic rings. The second-order valence-corrected chi connectivity index (χ2v) is 6.92. The van der Waals surface area contributed by atoms with E-state index in [1.165, 1.54) is 4.90 Å². The molecular formula is C17H14BrF2N5. The summed E-state index contributed by atoms with van der Waals surface area (Å²) in [6.45, 7) is -1.11. The van der Waals surface area contributed by atoms with Crippen LogP contribution in [0.15, 0.2) is 63.2 Å². The lowest BCUT2D eigenvalue weighted by Crippen LogP contribution is -2.53. The molecule has 8 heteroatoms. The topological polar surface area (TPSA) is 66.9 Å². The molecule has 0 aliphatic carbocycles. The first-order chi connectivity index (χ1) is 11.9. The first-order valence-electron chi connectivity index (χ1n) is 7.65. The van der Waals surface area contributed by atoms with Crippen LogP contribution in [0.1, 0.15) is 11.1 Å². The molecule has 2 N–H and O–H groups in total. The largest absolute Gasteiger partial charge is 0.369 e. The predicted octanol–water partition coefficient (Wildman–Crippen LogP) is 2.77. The van der Waals surface area contributed by atoms with E-state index in [1.807, 2.05) is 24.3 Å².